The van der Waals surface area contributed by atoms with Gasteiger partial charge in [-0.3, -0.25) is 5.32 Å². The molecule has 0 saturated carbocycles. The fourth-order valence-corrected chi connectivity index (χ4v) is 1.08. The Hall–Kier alpha value is -1.39. The standard InChI is InChI=1S/C10H13NO3/c1-10(14,11-2)8-5-3-7(4-6-8)9(12)13/h3-6,11,14H,1-2H3,(H,12,13). The van der Waals surface area contributed by atoms with Gasteiger partial charge in [0.15, 0.2) is 0 Å². The molecule has 1 aromatic carbocycles. The minimum Gasteiger partial charge on any atom is -0.478 e. The molecule has 4 heteroatoms. The van der Waals surface area contributed by atoms with Crippen molar-refractivity contribution in [1.29, 1.82) is 0 Å². The average Bonchev–Trinajstić information content (AvgIpc) is 2.18. The van der Waals surface area contributed by atoms with Gasteiger partial charge in [0.05, 0.1) is 5.56 Å². The maximum absolute atomic E-state index is 10.6. The zero-order valence-corrected chi connectivity index (χ0v) is 8.11. The Kier molecular flexibility index (Phi) is 2.88. The molecule has 1 aromatic rings. The summed E-state index contributed by atoms with van der Waals surface area (Å²) in [5, 5.41) is 21.1. The number of carboxylic acid groups (broad SMARTS) is 1. The molecule has 1 atom stereocenters. The first kappa shape index (κ1) is 10.7. The Morgan fingerprint density at radius 1 is 1.36 bits per heavy atom. The highest BCUT2D eigenvalue weighted by atomic mass is 16.4. The van der Waals surface area contributed by atoms with Gasteiger partial charge < -0.3 is 10.2 Å². The molecule has 0 aliphatic carbocycles. The van der Waals surface area contributed by atoms with E-state index in [1.165, 1.54) is 12.1 Å². The Balaban J connectivity index is 2.99. The normalized spacial score (nSPS) is 14.8. The maximum Gasteiger partial charge on any atom is 0.335 e. The van der Waals surface area contributed by atoms with Crippen molar-refractivity contribution in [3.63, 3.8) is 0 Å². The first-order valence-corrected chi connectivity index (χ1v) is 4.22. The van der Waals surface area contributed by atoms with Gasteiger partial charge in [-0.15, -0.1) is 0 Å². The van der Waals surface area contributed by atoms with Crippen LogP contribution >= 0.6 is 0 Å². The molecule has 0 fully saturated rings. The summed E-state index contributed by atoms with van der Waals surface area (Å²) in [6.07, 6.45) is 0. The molecule has 14 heavy (non-hydrogen) atoms. The second kappa shape index (κ2) is 3.77. The first-order chi connectivity index (χ1) is 6.47. The molecule has 4 nitrogen and oxygen atoms in total. The van der Waals surface area contributed by atoms with Crippen molar-refractivity contribution in [3.8, 4) is 0 Å². The number of benzene rings is 1. The lowest BCUT2D eigenvalue weighted by atomic mass is 10.0. The van der Waals surface area contributed by atoms with Crippen LogP contribution in [0.5, 0.6) is 0 Å². The SMILES string of the molecule is CNC(C)(O)c1ccc(C(=O)O)cc1. The monoisotopic (exact) mass is 195 g/mol. The number of rotatable bonds is 3. The Bertz CT molecular complexity index is 330. The van der Waals surface area contributed by atoms with Crippen LogP contribution in [0.25, 0.3) is 0 Å². The largest absolute Gasteiger partial charge is 0.478 e. The van der Waals surface area contributed by atoms with E-state index in [2.05, 4.69) is 5.32 Å². The third-order valence-corrected chi connectivity index (χ3v) is 2.18. The van der Waals surface area contributed by atoms with Crippen LogP contribution in [-0.4, -0.2) is 23.2 Å². The Labute approximate surface area is 82.2 Å². The third kappa shape index (κ3) is 2.10. The summed E-state index contributed by atoms with van der Waals surface area (Å²) < 4.78 is 0. The molecule has 0 aliphatic heterocycles. The highest BCUT2D eigenvalue weighted by Gasteiger charge is 2.19. The van der Waals surface area contributed by atoms with Gasteiger partial charge in [0.2, 0.25) is 0 Å². The molecule has 0 aliphatic rings. The van der Waals surface area contributed by atoms with Crippen LogP contribution in [-0.2, 0) is 5.72 Å². The fourth-order valence-electron chi connectivity index (χ4n) is 1.08. The van der Waals surface area contributed by atoms with Gasteiger partial charge in [-0.25, -0.2) is 4.79 Å². The summed E-state index contributed by atoms with van der Waals surface area (Å²) >= 11 is 0. The van der Waals surface area contributed by atoms with Gasteiger partial charge in [0.1, 0.15) is 5.72 Å². The van der Waals surface area contributed by atoms with Crippen LogP contribution in [0, 0.1) is 0 Å². The predicted octanol–water partition coefficient (Wildman–Crippen LogP) is 0.769. The maximum atomic E-state index is 10.6. The number of hydrogen-bond donors (Lipinski definition) is 3. The molecule has 0 radical (unpaired) electrons. The van der Waals surface area contributed by atoms with Crippen molar-refractivity contribution in [1.82, 2.24) is 5.32 Å². The quantitative estimate of drug-likeness (QED) is 0.623. The predicted molar refractivity (Wildman–Crippen MR) is 52.0 cm³/mol. The van der Waals surface area contributed by atoms with E-state index in [0.717, 1.165) is 0 Å². The molecule has 1 unspecified atom stereocenters. The zero-order chi connectivity index (χ0) is 10.8. The summed E-state index contributed by atoms with van der Waals surface area (Å²) in [4.78, 5) is 10.6. The molecule has 0 spiro atoms. The van der Waals surface area contributed by atoms with E-state index >= 15 is 0 Å². The lowest BCUT2D eigenvalue weighted by molar-refractivity contribution is 0.0281. The zero-order valence-electron chi connectivity index (χ0n) is 8.11. The highest BCUT2D eigenvalue weighted by Crippen LogP contribution is 2.17. The molecule has 0 saturated heterocycles. The molecule has 0 amide bonds. The fraction of sp³-hybridized carbons (Fsp3) is 0.300. The van der Waals surface area contributed by atoms with Gasteiger partial charge in [-0.2, -0.15) is 0 Å². The number of nitrogens with one attached hydrogen (secondary N) is 1. The minimum absolute atomic E-state index is 0.209. The second-order valence-corrected chi connectivity index (χ2v) is 3.20. The smallest absolute Gasteiger partial charge is 0.335 e. The molecule has 1 rings (SSSR count). The third-order valence-electron chi connectivity index (χ3n) is 2.18. The number of carbonyl (C=O) groups is 1. The van der Waals surface area contributed by atoms with Crippen molar-refractivity contribution < 1.29 is 15.0 Å². The molecule has 0 heterocycles. The van der Waals surface area contributed by atoms with E-state index in [9.17, 15) is 9.90 Å². The van der Waals surface area contributed by atoms with E-state index in [4.69, 9.17) is 5.11 Å². The van der Waals surface area contributed by atoms with Crippen molar-refractivity contribution in [2.45, 2.75) is 12.6 Å². The molecule has 0 bridgehead atoms. The van der Waals surface area contributed by atoms with E-state index in [0.29, 0.717) is 5.56 Å². The van der Waals surface area contributed by atoms with E-state index in [1.54, 1.807) is 26.1 Å². The number of carboxylic acids is 1. The van der Waals surface area contributed by atoms with Crippen LogP contribution in [0.3, 0.4) is 0 Å². The lowest BCUT2D eigenvalue weighted by Crippen LogP contribution is -2.36. The summed E-state index contributed by atoms with van der Waals surface area (Å²) in [5.41, 5.74) is -0.289. The van der Waals surface area contributed by atoms with Gasteiger partial charge in [-0.1, -0.05) is 12.1 Å². The highest BCUT2D eigenvalue weighted by molar-refractivity contribution is 5.87. The van der Waals surface area contributed by atoms with Crippen molar-refractivity contribution in [2.75, 3.05) is 7.05 Å². The minimum atomic E-state index is -1.13. The van der Waals surface area contributed by atoms with Crippen LogP contribution in [0.1, 0.15) is 22.8 Å². The summed E-state index contributed by atoms with van der Waals surface area (Å²) in [6.45, 7) is 1.60. The molecule has 3 N–H and O–H groups in total. The van der Waals surface area contributed by atoms with Crippen LogP contribution in [0.4, 0.5) is 0 Å². The van der Waals surface area contributed by atoms with Crippen LogP contribution in [0.2, 0.25) is 0 Å². The molecular formula is C10H13NO3. The van der Waals surface area contributed by atoms with Gasteiger partial charge >= 0.3 is 5.97 Å². The summed E-state index contributed by atoms with van der Waals surface area (Å²) in [7, 11) is 1.63. The van der Waals surface area contributed by atoms with Crippen LogP contribution in [0.15, 0.2) is 24.3 Å². The van der Waals surface area contributed by atoms with Gasteiger partial charge in [0, 0.05) is 0 Å². The van der Waals surface area contributed by atoms with Gasteiger partial charge in [0.25, 0.3) is 0 Å². The molecular weight excluding hydrogens is 182 g/mol. The van der Waals surface area contributed by atoms with E-state index < -0.39 is 11.7 Å². The first-order valence-electron chi connectivity index (χ1n) is 4.22. The van der Waals surface area contributed by atoms with Crippen molar-refractivity contribution in [3.05, 3.63) is 35.4 Å². The molecule has 0 aromatic heterocycles. The van der Waals surface area contributed by atoms with Gasteiger partial charge in [-0.05, 0) is 31.7 Å². The topological polar surface area (TPSA) is 69.6 Å². The van der Waals surface area contributed by atoms with Crippen LogP contribution < -0.4 is 5.32 Å². The average molecular weight is 195 g/mol. The number of hydrogen-bond acceptors (Lipinski definition) is 3. The lowest BCUT2D eigenvalue weighted by Gasteiger charge is -2.22. The Morgan fingerprint density at radius 2 is 1.86 bits per heavy atom. The van der Waals surface area contributed by atoms with E-state index in [1.807, 2.05) is 0 Å². The van der Waals surface area contributed by atoms with E-state index in [-0.39, 0.29) is 5.56 Å². The summed E-state index contributed by atoms with van der Waals surface area (Å²) in [5.74, 6) is -0.972. The molecule has 76 valence electrons. The van der Waals surface area contributed by atoms with Crippen molar-refractivity contribution in [2.24, 2.45) is 0 Å². The number of aliphatic hydroxyl groups is 1. The van der Waals surface area contributed by atoms with Crippen molar-refractivity contribution >= 4 is 5.97 Å². The Morgan fingerprint density at radius 3 is 2.21 bits per heavy atom. The summed E-state index contributed by atoms with van der Waals surface area (Å²) in [6, 6.07) is 6.09. The number of aromatic carboxylic acids is 1. The second-order valence-electron chi connectivity index (χ2n) is 3.20.